The first-order valence-corrected chi connectivity index (χ1v) is 5.85. The summed E-state index contributed by atoms with van der Waals surface area (Å²) in [6.07, 6.45) is 1.17. The normalized spacial score (nSPS) is 13.9. The molecule has 1 N–H and O–H groups in total. The molecule has 0 aliphatic heterocycles. The third-order valence-corrected chi connectivity index (χ3v) is 3.24. The van der Waals surface area contributed by atoms with E-state index in [1.807, 2.05) is 25.1 Å². The summed E-state index contributed by atoms with van der Waals surface area (Å²) in [6, 6.07) is 8.38. The van der Waals surface area contributed by atoms with E-state index < -0.39 is 0 Å². The molecule has 0 saturated heterocycles. The average Bonchev–Trinajstić information content (AvgIpc) is 2.30. The predicted molar refractivity (Wildman–Crippen MR) is 68.4 cm³/mol. The monoisotopic (exact) mass is 216 g/mol. The van der Waals surface area contributed by atoms with E-state index in [0.29, 0.717) is 12.0 Å². The summed E-state index contributed by atoms with van der Waals surface area (Å²) in [5.41, 5.74) is 2.99. The minimum Gasteiger partial charge on any atom is -0.382 e. The highest BCUT2D eigenvalue weighted by Gasteiger charge is 2.10. The number of hydrogen-bond donors (Lipinski definition) is 1. The molecule has 0 saturated carbocycles. The minimum atomic E-state index is 0.455. The van der Waals surface area contributed by atoms with Gasteiger partial charge in [-0.3, -0.25) is 0 Å². The first-order valence-electron chi connectivity index (χ1n) is 5.85. The number of nitrogens with zero attached hydrogens (tertiary/aromatic N) is 1. The molecule has 16 heavy (non-hydrogen) atoms. The maximum Gasteiger partial charge on any atom is 0.0991 e. The quantitative estimate of drug-likeness (QED) is 0.832. The van der Waals surface area contributed by atoms with Crippen molar-refractivity contribution in [1.82, 2.24) is 0 Å². The molecule has 86 valence electrons. The molecule has 0 aromatic heterocycles. The molecule has 0 aliphatic carbocycles. The van der Waals surface area contributed by atoms with Crippen molar-refractivity contribution in [3.05, 3.63) is 29.3 Å². The van der Waals surface area contributed by atoms with Crippen molar-refractivity contribution >= 4 is 5.69 Å². The molecule has 1 aromatic rings. The van der Waals surface area contributed by atoms with Gasteiger partial charge in [0.05, 0.1) is 11.6 Å². The zero-order valence-electron chi connectivity index (χ0n) is 10.5. The van der Waals surface area contributed by atoms with E-state index in [1.54, 1.807) is 0 Å². The SMILES string of the molecule is CCC(C)C(C)Nc1ccc(C#N)cc1C. The van der Waals surface area contributed by atoms with Crippen molar-refractivity contribution in [2.24, 2.45) is 5.92 Å². The van der Waals surface area contributed by atoms with Crippen LogP contribution in [0, 0.1) is 24.2 Å². The number of benzene rings is 1. The van der Waals surface area contributed by atoms with Crippen molar-refractivity contribution in [3.8, 4) is 6.07 Å². The van der Waals surface area contributed by atoms with Gasteiger partial charge < -0.3 is 5.32 Å². The molecular weight excluding hydrogens is 196 g/mol. The van der Waals surface area contributed by atoms with Gasteiger partial charge in [0.1, 0.15) is 0 Å². The smallest absolute Gasteiger partial charge is 0.0991 e. The fourth-order valence-electron chi connectivity index (χ4n) is 1.64. The first-order chi connectivity index (χ1) is 7.58. The van der Waals surface area contributed by atoms with Crippen molar-refractivity contribution in [3.63, 3.8) is 0 Å². The highest BCUT2D eigenvalue weighted by atomic mass is 14.9. The summed E-state index contributed by atoms with van der Waals surface area (Å²) in [7, 11) is 0. The lowest BCUT2D eigenvalue weighted by molar-refractivity contribution is 0.494. The fourth-order valence-corrected chi connectivity index (χ4v) is 1.64. The predicted octanol–water partition coefficient (Wildman–Crippen LogP) is 3.71. The van der Waals surface area contributed by atoms with Gasteiger partial charge in [-0.2, -0.15) is 5.26 Å². The Morgan fingerprint density at radius 3 is 2.56 bits per heavy atom. The second kappa shape index (κ2) is 5.55. The van der Waals surface area contributed by atoms with Crippen LogP contribution < -0.4 is 5.32 Å². The Balaban J connectivity index is 2.79. The van der Waals surface area contributed by atoms with Crippen LogP contribution in [0.5, 0.6) is 0 Å². The van der Waals surface area contributed by atoms with Gasteiger partial charge in [-0.25, -0.2) is 0 Å². The van der Waals surface area contributed by atoms with E-state index in [0.717, 1.165) is 16.8 Å². The van der Waals surface area contributed by atoms with Crippen LogP contribution in [0.1, 0.15) is 38.3 Å². The van der Waals surface area contributed by atoms with Crippen molar-refractivity contribution in [1.29, 1.82) is 5.26 Å². The molecule has 2 atom stereocenters. The van der Waals surface area contributed by atoms with E-state index in [4.69, 9.17) is 5.26 Å². The Morgan fingerprint density at radius 1 is 1.38 bits per heavy atom. The van der Waals surface area contributed by atoms with Crippen molar-refractivity contribution < 1.29 is 0 Å². The second-order valence-corrected chi connectivity index (χ2v) is 4.46. The van der Waals surface area contributed by atoms with E-state index in [2.05, 4.69) is 32.2 Å². The van der Waals surface area contributed by atoms with Gasteiger partial charge in [0, 0.05) is 11.7 Å². The van der Waals surface area contributed by atoms with Crippen LogP contribution in [0.4, 0.5) is 5.69 Å². The molecule has 0 fully saturated rings. The molecule has 0 bridgehead atoms. The summed E-state index contributed by atoms with van der Waals surface area (Å²) < 4.78 is 0. The van der Waals surface area contributed by atoms with Crippen LogP contribution in [0.3, 0.4) is 0 Å². The Labute approximate surface area is 98.3 Å². The zero-order valence-corrected chi connectivity index (χ0v) is 10.5. The third kappa shape index (κ3) is 3.00. The van der Waals surface area contributed by atoms with E-state index >= 15 is 0 Å². The highest BCUT2D eigenvalue weighted by Crippen LogP contribution is 2.19. The molecule has 2 heteroatoms. The van der Waals surface area contributed by atoms with Gasteiger partial charge in [0.25, 0.3) is 0 Å². The summed E-state index contributed by atoms with van der Waals surface area (Å²) in [4.78, 5) is 0. The topological polar surface area (TPSA) is 35.8 Å². The van der Waals surface area contributed by atoms with Crippen LogP contribution in [0.15, 0.2) is 18.2 Å². The van der Waals surface area contributed by atoms with Gasteiger partial charge in [0.2, 0.25) is 0 Å². The number of nitrogens with one attached hydrogen (secondary N) is 1. The van der Waals surface area contributed by atoms with Gasteiger partial charge in [-0.05, 0) is 43.5 Å². The lowest BCUT2D eigenvalue weighted by atomic mass is 10.00. The maximum atomic E-state index is 8.79. The van der Waals surface area contributed by atoms with Crippen molar-refractivity contribution in [2.45, 2.75) is 40.2 Å². The maximum absolute atomic E-state index is 8.79. The average molecular weight is 216 g/mol. The Kier molecular flexibility index (Phi) is 4.37. The number of nitriles is 1. The molecule has 0 amide bonds. The molecule has 0 spiro atoms. The van der Waals surface area contributed by atoms with Crippen LogP contribution in [0.2, 0.25) is 0 Å². The largest absolute Gasteiger partial charge is 0.382 e. The van der Waals surface area contributed by atoms with E-state index in [-0.39, 0.29) is 0 Å². The number of rotatable bonds is 4. The molecular formula is C14H20N2. The summed E-state index contributed by atoms with van der Waals surface area (Å²) >= 11 is 0. The Bertz CT molecular complexity index is 390. The Hall–Kier alpha value is -1.49. The lowest BCUT2D eigenvalue weighted by Gasteiger charge is -2.22. The highest BCUT2D eigenvalue weighted by molar-refractivity contribution is 5.54. The van der Waals surface area contributed by atoms with Crippen LogP contribution >= 0.6 is 0 Å². The van der Waals surface area contributed by atoms with E-state index in [9.17, 15) is 0 Å². The summed E-state index contributed by atoms with van der Waals surface area (Å²) in [5, 5.41) is 12.3. The van der Waals surface area contributed by atoms with Crippen LogP contribution in [0.25, 0.3) is 0 Å². The molecule has 1 aromatic carbocycles. The van der Waals surface area contributed by atoms with Gasteiger partial charge in [-0.1, -0.05) is 20.3 Å². The molecule has 0 radical (unpaired) electrons. The van der Waals surface area contributed by atoms with Gasteiger partial charge >= 0.3 is 0 Å². The van der Waals surface area contributed by atoms with Crippen LogP contribution in [-0.4, -0.2) is 6.04 Å². The molecule has 2 nitrogen and oxygen atoms in total. The van der Waals surface area contributed by atoms with Crippen molar-refractivity contribution in [2.75, 3.05) is 5.32 Å². The zero-order chi connectivity index (χ0) is 12.1. The second-order valence-electron chi connectivity index (χ2n) is 4.46. The third-order valence-electron chi connectivity index (χ3n) is 3.24. The standard InChI is InChI=1S/C14H20N2/c1-5-10(2)12(4)16-14-7-6-13(9-15)8-11(14)3/h6-8,10,12,16H,5H2,1-4H3. The molecule has 0 aliphatic rings. The molecule has 0 heterocycles. The first kappa shape index (κ1) is 12.6. The molecule has 1 rings (SSSR count). The van der Waals surface area contributed by atoms with Crippen LogP contribution in [-0.2, 0) is 0 Å². The fraction of sp³-hybridized carbons (Fsp3) is 0.500. The number of hydrogen-bond acceptors (Lipinski definition) is 2. The van der Waals surface area contributed by atoms with E-state index in [1.165, 1.54) is 6.42 Å². The van der Waals surface area contributed by atoms with Gasteiger partial charge in [-0.15, -0.1) is 0 Å². The Morgan fingerprint density at radius 2 is 2.06 bits per heavy atom. The number of anilines is 1. The minimum absolute atomic E-state index is 0.455. The lowest BCUT2D eigenvalue weighted by Crippen LogP contribution is -2.23. The molecule has 2 unspecified atom stereocenters. The van der Waals surface area contributed by atoms with Gasteiger partial charge in [0.15, 0.2) is 0 Å². The summed E-state index contributed by atoms with van der Waals surface area (Å²) in [5.74, 6) is 0.648. The summed E-state index contributed by atoms with van der Waals surface area (Å²) in [6.45, 7) is 8.68. The number of aryl methyl sites for hydroxylation is 1.